The number of fused-ring (bicyclic) bond motifs is 1. The molecule has 0 atom stereocenters. The second-order valence-electron chi connectivity index (χ2n) is 4.98. The van der Waals surface area contributed by atoms with Gasteiger partial charge in [-0.05, 0) is 26.0 Å². The predicted octanol–water partition coefficient (Wildman–Crippen LogP) is 1.23. The van der Waals surface area contributed by atoms with Crippen LogP contribution in [0.2, 0.25) is 0 Å². The van der Waals surface area contributed by atoms with Crippen molar-refractivity contribution in [1.29, 1.82) is 0 Å². The van der Waals surface area contributed by atoms with E-state index in [2.05, 4.69) is 21.0 Å². The maximum Gasteiger partial charge on any atom is 0.329 e. The van der Waals surface area contributed by atoms with Gasteiger partial charge in [0.05, 0.1) is 0 Å². The molecule has 3 aromatic rings. The van der Waals surface area contributed by atoms with Crippen LogP contribution in [0, 0.1) is 13.8 Å². The van der Waals surface area contributed by atoms with Gasteiger partial charge in [-0.3, -0.25) is 14.3 Å². The Morgan fingerprint density at radius 2 is 1.70 bits per heavy atom. The second kappa shape index (κ2) is 4.19. The summed E-state index contributed by atoms with van der Waals surface area (Å²) in [5.74, 6) is 0.582. The van der Waals surface area contributed by atoms with Gasteiger partial charge in [0.1, 0.15) is 11.3 Å². The van der Waals surface area contributed by atoms with Crippen molar-refractivity contribution in [3.05, 3.63) is 50.2 Å². The summed E-state index contributed by atoms with van der Waals surface area (Å²) in [6, 6.07) is 6.03. The van der Waals surface area contributed by atoms with Gasteiger partial charge in [-0.2, -0.15) is 0 Å². The Balaban J connectivity index is 2.33. The number of nitrogens with zero attached hydrogens (tertiary/aromatic N) is 2. The highest BCUT2D eigenvalue weighted by Crippen LogP contribution is 2.20. The number of imidazole rings is 1. The maximum atomic E-state index is 11.8. The molecule has 6 nitrogen and oxygen atoms in total. The largest absolute Gasteiger partial charge is 0.332 e. The Morgan fingerprint density at radius 3 is 2.35 bits per heavy atom. The molecule has 0 spiro atoms. The predicted molar refractivity (Wildman–Crippen MR) is 76.9 cm³/mol. The Bertz CT molecular complexity index is 910. The highest BCUT2D eigenvalue weighted by molar-refractivity contribution is 5.75. The van der Waals surface area contributed by atoms with E-state index in [1.54, 1.807) is 7.05 Å². The summed E-state index contributed by atoms with van der Waals surface area (Å²) >= 11 is 0. The average Bonchev–Trinajstić information content (AvgIpc) is 2.80. The van der Waals surface area contributed by atoms with Crippen molar-refractivity contribution in [2.75, 3.05) is 0 Å². The summed E-state index contributed by atoms with van der Waals surface area (Å²) in [5.41, 5.74) is 2.86. The van der Waals surface area contributed by atoms with Gasteiger partial charge >= 0.3 is 5.69 Å². The highest BCUT2D eigenvalue weighted by Gasteiger charge is 2.12. The minimum Gasteiger partial charge on any atom is -0.332 e. The molecule has 20 heavy (non-hydrogen) atoms. The van der Waals surface area contributed by atoms with E-state index in [-0.39, 0.29) is 0 Å². The molecule has 0 radical (unpaired) electrons. The van der Waals surface area contributed by atoms with E-state index < -0.39 is 11.2 Å². The Hall–Kier alpha value is -2.63. The number of nitrogens with one attached hydrogen (secondary N) is 2. The molecule has 0 aliphatic rings. The van der Waals surface area contributed by atoms with Crippen LogP contribution in [0.25, 0.3) is 22.6 Å². The van der Waals surface area contributed by atoms with E-state index >= 15 is 0 Å². The van der Waals surface area contributed by atoms with Gasteiger partial charge in [0, 0.05) is 12.6 Å². The van der Waals surface area contributed by atoms with Crippen molar-refractivity contribution >= 4 is 11.2 Å². The number of aryl methyl sites for hydroxylation is 3. The van der Waals surface area contributed by atoms with Crippen molar-refractivity contribution in [1.82, 2.24) is 19.5 Å². The van der Waals surface area contributed by atoms with Gasteiger partial charge in [0.15, 0.2) is 5.65 Å². The lowest BCUT2D eigenvalue weighted by molar-refractivity contribution is 0.832. The topological polar surface area (TPSA) is 83.5 Å². The fraction of sp³-hybridized carbons (Fsp3) is 0.214. The number of rotatable bonds is 1. The van der Waals surface area contributed by atoms with E-state index in [9.17, 15) is 9.59 Å². The van der Waals surface area contributed by atoms with E-state index in [1.807, 2.05) is 26.0 Å². The third-order valence-electron chi connectivity index (χ3n) is 3.25. The Kier molecular flexibility index (Phi) is 2.60. The molecule has 0 aliphatic heterocycles. The SMILES string of the molecule is Cc1cc(C)cc(-c2nc3c([nH]2)c(=O)[nH]c(=O)n3C)c1. The summed E-state index contributed by atoms with van der Waals surface area (Å²) in [6.45, 7) is 4.00. The number of aromatic nitrogens is 4. The molecule has 3 rings (SSSR count). The van der Waals surface area contributed by atoms with Gasteiger partial charge in [-0.1, -0.05) is 17.2 Å². The number of H-pyrrole nitrogens is 2. The number of aromatic amines is 2. The maximum absolute atomic E-state index is 11.8. The van der Waals surface area contributed by atoms with Crippen molar-refractivity contribution in [2.45, 2.75) is 13.8 Å². The lowest BCUT2D eigenvalue weighted by atomic mass is 10.1. The fourth-order valence-corrected chi connectivity index (χ4v) is 2.35. The molecule has 0 fully saturated rings. The monoisotopic (exact) mass is 270 g/mol. The quantitative estimate of drug-likeness (QED) is 0.697. The van der Waals surface area contributed by atoms with E-state index in [4.69, 9.17) is 0 Å². The number of hydrogen-bond donors (Lipinski definition) is 2. The second-order valence-corrected chi connectivity index (χ2v) is 4.98. The Morgan fingerprint density at radius 1 is 1.05 bits per heavy atom. The zero-order valence-electron chi connectivity index (χ0n) is 11.4. The summed E-state index contributed by atoms with van der Waals surface area (Å²) in [6.07, 6.45) is 0. The molecular weight excluding hydrogens is 256 g/mol. The molecule has 0 saturated carbocycles. The molecule has 2 heterocycles. The van der Waals surface area contributed by atoms with Crippen LogP contribution in [0.3, 0.4) is 0 Å². The molecule has 102 valence electrons. The van der Waals surface area contributed by atoms with Crippen LogP contribution in [0.4, 0.5) is 0 Å². The van der Waals surface area contributed by atoms with Gasteiger partial charge in [0.2, 0.25) is 0 Å². The van der Waals surface area contributed by atoms with Gasteiger partial charge in [-0.15, -0.1) is 0 Å². The summed E-state index contributed by atoms with van der Waals surface area (Å²) in [5, 5.41) is 0. The van der Waals surface area contributed by atoms with Gasteiger partial charge in [-0.25, -0.2) is 9.78 Å². The molecular formula is C14H14N4O2. The van der Waals surface area contributed by atoms with Crippen molar-refractivity contribution in [3.63, 3.8) is 0 Å². The van der Waals surface area contributed by atoms with E-state index in [0.717, 1.165) is 16.7 Å². The lowest BCUT2D eigenvalue weighted by Crippen LogP contribution is -2.28. The van der Waals surface area contributed by atoms with Crippen LogP contribution >= 0.6 is 0 Å². The fourth-order valence-electron chi connectivity index (χ4n) is 2.35. The lowest BCUT2D eigenvalue weighted by Gasteiger charge is -2.01. The van der Waals surface area contributed by atoms with Crippen LogP contribution in [0.5, 0.6) is 0 Å². The standard InChI is InChI=1S/C14H14N4O2/c1-7-4-8(2)6-9(5-7)11-15-10-12(16-11)18(3)14(20)17-13(10)19/h4-6H,1-3H3,(H,15,16)(H,17,19,20). The molecule has 6 heteroatoms. The molecule has 0 bridgehead atoms. The molecule has 1 aromatic carbocycles. The minimum absolute atomic E-state index is 0.307. The van der Waals surface area contributed by atoms with Gasteiger partial charge in [0.25, 0.3) is 5.56 Å². The van der Waals surface area contributed by atoms with E-state index in [0.29, 0.717) is 17.0 Å². The summed E-state index contributed by atoms with van der Waals surface area (Å²) in [4.78, 5) is 33.0. The first-order valence-electron chi connectivity index (χ1n) is 6.23. The molecule has 2 N–H and O–H groups in total. The van der Waals surface area contributed by atoms with Crippen molar-refractivity contribution in [3.8, 4) is 11.4 Å². The number of hydrogen-bond acceptors (Lipinski definition) is 3. The minimum atomic E-state index is -0.471. The van der Waals surface area contributed by atoms with Crippen LogP contribution in [0.1, 0.15) is 11.1 Å². The first-order chi connectivity index (χ1) is 9.45. The molecule has 0 unspecified atom stereocenters. The van der Waals surface area contributed by atoms with Gasteiger partial charge < -0.3 is 4.98 Å². The first kappa shape index (κ1) is 12.4. The molecule has 0 amide bonds. The van der Waals surface area contributed by atoms with Crippen LogP contribution < -0.4 is 11.2 Å². The smallest absolute Gasteiger partial charge is 0.329 e. The molecule has 0 aliphatic carbocycles. The molecule has 2 aromatic heterocycles. The van der Waals surface area contributed by atoms with Crippen LogP contribution in [0.15, 0.2) is 27.8 Å². The molecule has 0 saturated heterocycles. The zero-order chi connectivity index (χ0) is 14.4. The van der Waals surface area contributed by atoms with Crippen molar-refractivity contribution < 1.29 is 0 Å². The number of benzene rings is 1. The third-order valence-corrected chi connectivity index (χ3v) is 3.25. The first-order valence-corrected chi connectivity index (χ1v) is 6.23. The van der Waals surface area contributed by atoms with Crippen LogP contribution in [-0.2, 0) is 7.05 Å². The van der Waals surface area contributed by atoms with E-state index in [1.165, 1.54) is 4.57 Å². The van der Waals surface area contributed by atoms with Crippen LogP contribution in [-0.4, -0.2) is 19.5 Å². The normalized spacial score (nSPS) is 11.2. The summed E-state index contributed by atoms with van der Waals surface area (Å²) in [7, 11) is 1.58. The third kappa shape index (κ3) is 1.85. The average molecular weight is 270 g/mol. The highest BCUT2D eigenvalue weighted by atomic mass is 16.2. The Labute approximate surface area is 114 Å². The van der Waals surface area contributed by atoms with Crippen molar-refractivity contribution in [2.24, 2.45) is 7.05 Å². The zero-order valence-corrected chi connectivity index (χ0v) is 11.4. The summed E-state index contributed by atoms with van der Waals surface area (Å²) < 4.78 is 1.32.